The van der Waals surface area contributed by atoms with Gasteiger partial charge >= 0.3 is 6.16 Å². The van der Waals surface area contributed by atoms with Gasteiger partial charge in [0, 0.05) is 0 Å². The molecule has 64 valence electrons. The van der Waals surface area contributed by atoms with Gasteiger partial charge in [-0.05, 0) is 13.3 Å². The fourth-order valence-electron chi connectivity index (χ4n) is 0.392. The van der Waals surface area contributed by atoms with Gasteiger partial charge in [-0.3, -0.25) is 0 Å². The molecule has 0 aromatic rings. The molecule has 0 aliphatic rings. The van der Waals surface area contributed by atoms with Crippen LogP contribution in [0.4, 0.5) is 4.79 Å². The normalized spacial score (nSPS) is 11.8. The van der Waals surface area contributed by atoms with Crippen LogP contribution in [0.25, 0.3) is 0 Å². The molecule has 0 saturated carbocycles. The van der Waals surface area contributed by atoms with Crippen LogP contribution in [-0.4, -0.2) is 18.3 Å². The smallest absolute Gasteiger partial charge is 0.434 e. The maximum Gasteiger partial charge on any atom is 0.509 e. The maximum atomic E-state index is 10.6. The zero-order valence-corrected chi connectivity index (χ0v) is 7.13. The summed E-state index contributed by atoms with van der Waals surface area (Å²) in [5.41, 5.74) is -0.647. The Labute approximate surface area is 70.9 Å². The van der Waals surface area contributed by atoms with Crippen molar-refractivity contribution >= 4 is 17.8 Å². The van der Waals surface area contributed by atoms with Gasteiger partial charge in [-0.25, -0.2) is 4.79 Å². The summed E-state index contributed by atoms with van der Waals surface area (Å²) in [7, 11) is 0. The van der Waals surface area contributed by atoms with Gasteiger partial charge < -0.3 is 9.47 Å². The Bertz CT molecular complexity index is 134. The molecule has 0 heterocycles. The number of hydrogen-bond acceptors (Lipinski definition) is 3. The van der Waals surface area contributed by atoms with E-state index in [9.17, 15) is 4.79 Å². The van der Waals surface area contributed by atoms with Crippen molar-refractivity contribution in [1.82, 2.24) is 0 Å². The summed E-state index contributed by atoms with van der Waals surface area (Å²) < 4.78 is 9.04. The van der Waals surface area contributed by atoms with E-state index in [-0.39, 0.29) is 6.61 Å². The van der Waals surface area contributed by atoms with Crippen LogP contribution in [0, 0.1) is 0 Å². The number of halogens is 1. The average Bonchev–Trinajstić information content (AvgIpc) is 1.86. The second kappa shape index (κ2) is 6.04. The van der Waals surface area contributed by atoms with E-state index in [0.29, 0.717) is 6.42 Å². The van der Waals surface area contributed by atoms with Gasteiger partial charge in [0.25, 0.3) is 0 Å². The maximum absolute atomic E-state index is 10.6. The first-order chi connectivity index (χ1) is 5.16. The molecule has 0 aromatic carbocycles. The molecule has 3 nitrogen and oxygen atoms in total. The Balaban J connectivity index is 3.30. The highest BCUT2D eigenvalue weighted by Crippen LogP contribution is 1.98. The number of ether oxygens (including phenoxy) is 2. The van der Waals surface area contributed by atoms with Crippen molar-refractivity contribution in [2.24, 2.45) is 0 Å². The van der Waals surface area contributed by atoms with Gasteiger partial charge in [-0.15, -0.1) is 6.58 Å². The van der Waals surface area contributed by atoms with Crippen molar-refractivity contribution in [3.63, 3.8) is 0 Å². The molecule has 0 rings (SSSR count). The van der Waals surface area contributed by atoms with Gasteiger partial charge in [-0.2, -0.15) is 0 Å². The lowest BCUT2D eigenvalue weighted by Crippen LogP contribution is -2.11. The molecule has 0 aromatic heterocycles. The minimum Gasteiger partial charge on any atom is -0.434 e. The molecule has 0 radical (unpaired) electrons. The molecule has 0 saturated heterocycles. The third-order valence-corrected chi connectivity index (χ3v) is 0.890. The summed E-state index contributed by atoms with van der Waals surface area (Å²) in [5, 5.41) is 0. The molecule has 0 N–H and O–H groups in total. The molecule has 0 aliphatic carbocycles. The lowest BCUT2D eigenvalue weighted by atomic mass is 10.5. The van der Waals surface area contributed by atoms with Crippen molar-refractivity contribution < 1.29 is 14.3 Å². The second-order valence-electron chi connectivity index (χ2n) is 1.84. The number of carbonyl (C=O) groups is 1. The fourth-order valence-corrected chi connectivity index (χ4v) is 0.465. The van der Waals surface area contributed by atoms with Crippen molar-refractivity contribution in [1.29, 1.82) is 0 Å². The third kappa shape index (κ3) is 7.19. The molecule has 0 amide bonds. The van der Waals surface area contributed by atoms with Crippen LogP contribution in [-0.2, 0) is 9.47 Å². The molecule has 4 heteroatoms. The fraction of sp³-hybridized carbons (Fsp3) is 0.571. The molecule has 1 unspecified atom stereocenters. The van der Waals surface area contributed by atoms with E-state index >= 15 is 0 Å². The molecule has 0 spiro atoms. The molecule has 0 bridgehead atoms. The van der Waals surface area contributed by atoms with Gasteiger partial charge in [0.1, 0.15) is 0 Å². The summed E-state index contributed by atoms with van der Waals surface area (Å²) in [4.78, 5) is 10.6. The number of alkyl halides is 1. The Kier molecular flexibility index (Phi) is 5.65. The molecule has 11 heavy (non-hydrogen) atoms. The molecule has 0 fully saturated rings. The SMILES string of the molecule is C=CCCOC(=O)OC(C)Cl. The van der Waals surface area contributed by atoms with E-state index in [1.807, 2.05) is 0 Å². The number of rotatable bonds is 4. The molecule has 0 aliphatic heterocycles. The summed E-state index contributed by atoms with van der Waals surface area (Å²) in [6.07, 6.45) is 1.53. The van der Waals surface area contributed by atoms with Gasteiger partial charge in [0.2, 0.25) is 0 Å². The standard InChI is InChI=1S/C7H11ClO3/c1-3-4-5-10-7(9)11-6(2)8/h3,6H,1,4-5H2,2H3. The first-order valence-corrected chi connectivity index (χ1v) is 3.69. The van der Waals surface area contributed by atoms with Crippen molar-refractivity contribution in [2.75, 3.05) is 6.61 Å². The average molecular weight is 179 g/mol. The largest absolute Gasteiger partial charge is 0.509 e. The first kappa shape index (κ1) is 10.3. The monoisotopic (exact) mass is 178 g/mol. The van der Waals surface area contributed by atoms with Crippen LogP contribution in [0.3, 0.4) is 0 Å². The van der Waals surface area contributed by atoms with Crippen LogP contribution in [0.2, 0.25) is 0 Å². The van der Waals surface area contributed by atoms with Crippen LogP contribution >= 0.6 is 11.6 Å². The van der Waals surface area contributed by atoms with Crippen LogP contribution in [0.5, 0.6) is 0 Å². The van der Waals surface area contributed by atoms with Gasteiger partial charge in [-0.1, -0.05) is 17.7 Å². The van der Waals surface area contributed by atoms with E-state index in [1.54, 1.807) is 6.08 Å². The van der Waals surface area contributed by atoms with Crippen LogP contribution in [0.15, 0.2) is 12.7 Å². The van der Waals surface area contributed by atoms with E-state index < -0.39 is 11.7 Å². The Morgan fingerprint density at radius 1 is 1.82 bits per heavy atom. The van der Waals surface area contributed by atoms with E-state index in [1.165, 1.54) is 6.92 Å². The van der Waals surface area contributed by atoms with Crippen LogP contribution < -0.4 is 0 Å². The molecular weight excluding hydrogens is 168 g/mol. The minimum atomic E-state index is -0.741. The Hall–Kier alpha value is -0.700. The van der Waals surface area contributed by atoms with Gasteiger partial charge in [0.05, 0.1) is 6.61 Å². The highest BCUT2D eigenvalue weighted by Gasteiger charge is 2.05. The quantitative estimate of drug-likeness (QED) is 0.287. The van der Waals surface area contributed by atoms with Crippen molar-refractivity contribution in [3.8, 4) is 0 Å². The zero-order valence-electron chi connectivity index (χ0n) is 6.38. The third-order valence-electron chi connectivity index (χ3n) is 0.801. The molecule has 1 atom stereocenters. The second-order valence-corrected chi connectivity index (χ2v) is 2.45. The Morgan fingerprint density at radius 3 is 2.91 bits per heavy atom. The van der Waals surface area contributed by atoms with Gasteiger partial charge in [0.15, 0.2) is 5.56 Å². The van der Waals surface area contributed by atoms with E-state index in [4.69, 9.17) is 11.6 Å². The van der Waals surface area contributed by atoms with Crippen molar-refractivity contribution in [3.05, 3.63) is 12.7 Å². The minimum absolute atomic E-state index is 0.284. The highest BCUT2D eigenvalue weighted by molar-refractivity contribution is 6.19. The summed E-state index contributed by atoms with van der Waals surface area (Å²) in [6, 6.07) is 0. The zero-order chi connectivity index (χ0) is 8.69. The number of hydrogen-bond donors (Lipinski definition) is 0. The summed E-state index contributed by atoms with van der Waals surface area (Å²) >= 11 is 5.34. The number of carbonyl (C=O) groups excluding carboxylic acids is 1. The summed E-state index contributed by atoms with van der Waals surface area (Å²) in [5.74, 6) is 0. The first-order valence-electron chi connectivity index (χ1n) is 3.25. The lowest BCUT2D eigenvalue weighted by molar-refractivity contribution is 0.0509. The van der Waals surface area contributed by atoms with Crippen LogP contribution in [0.1, 0.15) is 13.3 Å². The highest BCUT2D eigenvalue weighted by atomic mass is 35.5. The van der Waals surface area contributed by atoms with Crippen molar-refractivity contribution in [2.45, 2.75) is 18.9 Å². The predicted molar refractivity (Wildman–Crippen MR) is 42.6 cm³/mol. The lowest BCUT2D eigenvalue weighted by Gasteiger charge is -2.05. The molecular formula is C7H11ClO3. The topological polar surface area (TPSA) is 35.5 Å². The van der Waals surface area contributed by atoms with E-state index in [0.717, 1.165) is 0 Å². The summed E-state index contributed by atoms with van der Waals surface area (Å²) in [6.45, 7) is 5.28. The predicted octanol–water partition coefficient (Wildman–Crippen LogP) is 2.30. The van der Waals surface area contributed by atoms with E-state index in [2.05, 4.69) is 16.1 Å². The Morgan fingerprint density at radius 2 is 2.45 bits per heavy atom.